The molecule has 0 aromatic heterocycles. The maximum atomic E-state index is 10.7. The highest BCUT2D eigenvalue weighted by molar-refractivity contribution is 5.71. The van der Waals surface area contributed by atoms with Crippen molar-refractivity contribution in [1.82, 2.24) is 0 Å². The van der Waals surface area contributed by atoms with Crippen LogP contribution in [-0.4, -0.2) is 23.8 Å². The molecule has 1 fully saturated rings. The highest BCUT2D eigenvalue weighted by atomic mass is 16.5. The lowest BCUT2D eigenvalue weighted by molar-refractivity contribution is -0.141. The molecule has 0 spiro atoms. The molecule has 0 aliphatic carbocycles. The molecule has 11 heavy (non-hydrogen) atoms. The lowest BCUT2D eigenvalue weighted by Crippen LogP contribution is -2.13. The minimum Gasteiger partial charge on any atom is -0.462 e. The van der Waals surface area contributed by atoms with E-state index in [1.807, 2.05) is 6.92 Å². The molecule has 1 saturated heterocycles. The van der Waals surface area contributed by atoms with E-state index < -0.39 is 0 Å². The Morgan fingerprint density at radius 3 is 2.91 bits per heavy atom. The summed E-state index contributed by atoms with van der Waals surface area (Å²) in [6.45, 7) is 2.19. The smallest absolute Gasteiger partial charge is 0.306 e. The van der Waals surface area contributed by atoms with E-state index in [0.29, 0.717) is 12.3 Å². The van der Waals surface area contributed by atoms with Crippen molar-refractivity contribution in [1.29, 1.82) is 0 Å². The van der Waals surface area contributed by atoms with Gasteiger partial charge in [0.25, 0.3) is 0 Å². The number of hydrogen-bond acceptors (Lipinski definition) is 3. The van der Waals surface area contributed by atoms with Crippen molar-refractivity contribution < 1.29 is 14.6 Å². The maximum absolute atomic E-state index is 10.7. The summed E-state index contributed by atoms with van der Waals surface area (Å²) in [5.41, 5.74) is 0. The number of esters is 1. The third-order valence-electron chi connectivity index (χ3n) is 2.05. The summed E-state index contributed by atoms with van der Waals surface area (Å²) in [6.07, 6.45) is 2.11. The minimum atomic E-state index is -0.0968. The fourth-order valence-electron chi connectivity index (χ4n) is 1.36. The molecule has 0 aromatic carbocycles. The van der Waals surface area contributed by atoms with Crippen molar-refractivity contribution in [3.63, 3.8) is 0 Å². The number of carbonyl (C=O) groups excluding carboxylic acids is 1. The number of rotatable bonds is 3. The van der Waals surface area contributed by atoms with Crippen LogP contribution in [0.2, 0.25) is 0 Å². The summed E-state index contributed by atoms with van der Waals surface area (Å²) in [4.78, 5) is 10.7. The van der Waals surface area contributed by atoms with Crippen LogP contribution in [0.5, 0.6) is 0 Å². The van der Waals surface area contributed by atoms with Gasteiger partial charge in [0.1, 0.15) is 6.10 Å². The van der Waals surface area contributed by atoms with Gasteiger partial charge in [-0.2, -0.15) is 0 Å². The molecule has 1 aliphatic rings. The van der Waals surface area contributed by atoms with Crippen LogP contribution in [0, 0.1) is 5.92 Å². The summed E-state index contributed by atoms with van der Waals surface area (Å²) in [7, 11) is 0. The Labute approximate surface area is 66.4 Å². The standard InChI is InChI=1S/C8H14O3/c1-6-5-8(10)11-7(6)3-2-4-9/h6-7,9H,2-5H2,1H3/t6-,7+/m1/s1. The molecule has 1 heterocycles. The van der Waals surface area contributed by atoms with E-state index >= 15 is 0 Å². The SMILES string of the molecule is C[C@@H]1CC(=O)O[C@H]1CCCO. The van der Waals surface area contributed by atoms with E-state index in [-0.39, 0.29) is 18.7 Å². The average molecular weight is 158 g/mol. The average Bonchev–Trinajstić information content (AvgIpc) is 2.26. The van der Waals surface area contributed by atoms with Gasteiger partial charge in [-0.1, -0.05) is 6.92 Å². The normalized spacial score (nSPS) is 30.5. The largest absolute Gasteiger partial charge is 0.462 e. The number of aliphatic hydroxyl groups is 1. The molecule has 2 atom stereocenters. The Balaban J connectivity index is 2.28. The first-order valence-electron chi connectivity index (χ1n) is 4.04. The molecule has 3 heteroatoms. The Morgan fingerprint density at radius 1 is 1.73 bits per heavy atom. The zero-order chi connectivity index (χ0) is 8.27. The van der Waals surface area contributed by atoms with Crippen molar-refractivity contribution in [2.24, 2.45) is 5.92 Å². The summed E-state index contributed by atoms with van der Waals surface area (Å²) >= 11 is 0. The second-order valence-corrected chi connectivity index (χ2v) is 3.08. The maximum Gasteiger partial charge on any atom is 0.306 e. The fourth-order valence-corrected chi connectivity index (χ4v) is 1.36. The molecule has 1 rings (SSSR count). The van der Waals surface area contributed by atoms with E-state index in [0.717, 1.165) is 12.8 Å². The molecule has 0 aromatic rings. The second kappa shape index (κ2) is 3.72. The van der Waals surface area contributed by atoms with Crippen LogP contribution in [0.15, 0.2) is 0 Å². The summed E-state index contributed by atoms with van der Waals surface area (Å²) in [5, 5.41) is 8.54. The van der Waals surface area contributed by atoms with Crippen molar-refractivity contribution in [2.45, 2.75) is 32.3 Å². The van der Waals surface area contributed by atoms with Gasteiger partial charge in [-0.05, 0) is 12.8 Å². The van der Waals surface area contributed by atoms with Gasteiger partial charge in [0.2, 0.25) is 0 Å². The van der Waals surface area contributed by atoms with Gasteiger partial charge in [-0.3, -0.25) is 4.79 Å². The third kappa shape index (κ3) is 2.19. The van der Waals surface area contributed by atoms with Gasteiger partial charge < -0.3 is 9.84 Å². The van der Waals surface area contributed by atoms with Crippen LogP contribution in [0.1, 0.15) is 26.2 Å². The number of aliphatic hydroxyl groups excluding tert-OH is 1. The van der Waals surface area contributed by atoms with Crippen LogP contribution in [0.25, 0.3) is 0 Å². The first-order chi connectivity index (χ1) is 5.24. The second-order valence-electron chi connectivity index (χ2n) is 3.08. The molecule has 0 radical (unpaired) electrons. The van der Waals surface area contributed by atoms with Crippen LogP contribution < -0.4 is 0 Å². The predicted octanol–water partition coefficient (Wildman–Crippen LogP) is 0.710. The van der Waals surface area contributed by atoms with Crippen molar-refractivity contribution in [3.05, 3.63) is 0 Å². The third-order valence-corrected chi connectivity index (χ3v) is 2.05. The molecule has 64 valence electrons. The van der Waals surface area contributed by atoms with Crippen molar-refractivity contribution >= 4 is 5.97 Å². The van der Waals surface area contributed by atoms with Gasteiger partial charge in [0, 0.05) is 12.5 Å². The lowest BCUT2D eigenvalue weighted by atomic mass is 10.0. The van der Waals surface area contributed by atoms with Gasteiger partial charge in [-0.25, -0.2) is 0 Å². The summed E-state index contributed by atoms with van der Waals surface area (Å²) < 4.78 is 5.03. The zero-order valence-electron chi connectivity index (χ0n) is 6.75. The molecule has 1 N–H and O–H groups in total. The highest BCUT2D eigenvalue weighted by Crippen LogP contribution is 2.24. The van der Waals surface area contributed by atoms with Crippen molar-refractivity contribution in [3.8, 4) is 0 Å². The van der Waals surface area contributed by atoms with Crippen LogP contribution >= 0.6 is 0 Å². The Morgan fingerprint density at radius 2 is 2.45 bits per heavy atom. The van der Waals surface area contributed by atoms with E-state index in [4.69, 9.17) is 9.84 Å². The topological polar surface area (TPSA) is 46.5 Å². The molecule has 1 aliphatic heterocycles. The van der Waals surface area contributed by atoms with Gasteiger partial charge in [0.15, 0.2) is 0 Å². The van der Waals surface area contributed by atoms with Crippen LogP contribution in [-0.2, 0) is 9.53 Å². The van der Waals surface area contributed by atoms with Gasteiger partial charge >= 0.3 is 5.97 Å². The molecule has 0 unspecified atom stereocenters. The first-order valence-corrected chi connectivity index (χ1v) is 4.04. The van der Waals surface area contributed by atoms with Crippen LogP contribution in [0.4, 0.5) is 0 Å². The highest BCUT2D eigenvalue weighted by Gasteiger charge is 2.30. The fraction of sp³-hybridized carbons (Fsp3) is 0.875. The first kappa shape index (κ1) is 8.53. The number of carbonyl (C=O) groups is 1. The van der Waals surface area contributed by atoms with E-state index in [2.05, 4.69) is 0 Å². The zero-order valence-corrected chi connectivity index (χ0v) is 6.75. The Hall–Kier alpha value is -0.570. The van der Waals surface area contributed by atoms with E-state index in [1.54, 1.807) is 0 Å². The molecular weight excluding hydrogens is 144 g/mol. The Bertz CT molecular complexity index is 144. The van der Waals surface area contributed by atoms with E-state index in [1.165, 1.54) is 0 Å². The number of cyclic esters (lactones) is 1. The molecule has 0 saturated carbocycles. The molecule has 3 nitrogen and oxygen atoms in total. The molecule has 0 amide bonds. The quantitative estimate of drug-likeness (QED) is 0.615. The van der Waals surface area contributed by atoms with E-state index in [9.17, 15) is 4.79 Å². The monoisotopic (exact) mass is 158 g/mol. The predicted molar refractivity (Wildman–Crippen MR) is 40.0 cm³/mol. The minimum absolute atomic E-state index is 0.0506. The van der Waals surface area contributed by atoms with Crippen LogP contribution in [0.3, 0.4) is 0 Å². The summed E-state index contributed by atoms with van der Waals surface area (Å²) in [6, 6.07) is 0. The Kier molecular flexibility index (Phi) is 2.88. The lowest BCUT2D eigenvalue weighted by Gasteiger charge is -2.11. The molecule has 0 bridgehead atoms. The van der Waals surface area contributed by atoms with Crippen molar-refractivity contribution in [2.75, 3.05) is 6.61 Å². The number of ether oxygens (including phenoxy) is 1. The molecular formula is C8H14O3. The van der Waals surface area contributed by atoms with Gasteiger partial charge in [0.05, 0.1) is 6.42 Å². The van der Waals surface area contributed by atoms with Gasteiger partial charge in [-0.15, -0.1) is 0 Å². The number of hydrogen-bond donors (Lipinski definition) is 1. The summed E-state index contributed by atoms with van der Waals surface area (Å²) in [5.74, 6) is 0.231.